The molecule has 0 N–H and O–H groups in total. The minimum atomic E-state index is 0.751. The normalized spacial score (nSPS) is 11.5. The average molecular weight is 301 g/mol. The average Bonchev–Trinajstić information content (AvgIpc) is 2.86. The molecule has 0 amide bonds. The van der Waals surface area contributed by atoms with Gasteiger partial charge in [0.25, 0.3) is 0 Å². The number of fused-ring (bicyclic) bond motifs is 3. The van der Waals surface area contributed by atoms with E-state index in [1.54, 1.807) is 0 Å². The van der Waals surface area contributed by atoms with E-state index < -0.39 is 0 Å². The Hall–Kier alpha value is -2.68. The Kier molecular flexibility index (Phi) is 2.98. The van der Waals surface area contributed by atoms with Crippen molar-refractivity contribution < 1.29 is 0 Å². The lowest BCUT2D eigenvalue weighted by molar-refractivity contribution is 0.921. The second-order valence-electron chi connectivity index (χ2n) is 6.19. The van der Waals surface area contributed by atoms with Gasteiger partial charge in [0.2, 0.25) is 5.95 Å². The van der Waals surface area contributed by atoms with Crippen molar-refractivity contribution in [1.29, 1.82) is 0 Å². The highest BCUT2D eigenvalue weighted by Crippen LogP contribution is 2.31. The molecule has 0 aliphatic carbocycles. The second-order valence-corrected chi connectivity index (χ2v) is 6.19. The van der Waals surface area contributed by atoms with Gasteiger partial charge >= 0.3 is 0 Å². The van der Waals surface area contributed by atoms with Crippen molar-refractivity contribution in [3.05, 3.63) is 65.0 Å². The smallest absolute Gasteiger partial charge is 0.235 e. The maximum absolute atomic E-state index is 4.75. The molecule has 4 rings (SSSR count). The van der Waals surface area contributed by atoms with Gasteiger partial charge in [-0.25, -0.2) is 9.97 Å². The third-order valence-electron chi connectivity index (χ3n) is 4.65. The summed E-state index contributed by atoms with van der Waals surface area (Å²) in [4.78, 5) is 9.50. The van der Waals surface area contributed by atoms with Crippen LogP contribution in [0.2, 0.25) is 0 Å². The fraction of sp³-hybridized carbons (Fsp3) is 0.200. The number of hydrogen-bond acceptors (Lipinski definition) is 2. The van der Waals surface area contributed by atoms with Gasteiger partial charge in [-0.05, 0) is 51.5 Å². The van der Waals surface area contributed by atoms with E-state index in [0.717, 1.165) is 33.9 Å². The summed E-state index contributed by atoms with van der Waals surface area (Å²) in [5.74, 6) is 0.751. The molecule has 2 aromatic heterocycles. The zero-order chi connectivity index (χ0) is 16.1. The molecule has 4 aromatic rings. The first-order chi connectivity index (χ1) is 11.1. The highest BCUT2D eigenvalue weighted by atomic mass is 15.2. The number of rotatable bonds is 1. The van der Waals surface area contributed by atoms with Crippen LogP contribution in [0, 0.1) is 27.7 Å². The topological polar surface area (TPSA) is 30.7 Å². The number of hydrogen-bond donors (Lipinski definition) is 0. The number of aryl methyl sites for hydroxylation is 3. The predicted octanol–water partition coefficient (Wildman–Crippen LogP) is 4.81. The minimum Gasteiger partial charge on any atom is -0.278 e. The fourth-order valence-corrected chi connectivity index (χ4v) is 3.16. The van der Waals surface area contributed by atoms with Gasteiger partial charge in [0, 0.05) is 22.2 Å². The van der Waals surface area contributed by atoms with Gasteiger partial charge in [-0.3, -0.25) is 4.57 Å². The summed E-state index contributed by atoms with van der Waals surface area (Å²) in [7, 11) is 0. The summed E-state index contributed by atoms with van der Waals surface area (Å²) in [5, 5.41) is 2.49. The molecule has 3 heteroatoms. The Morgan fingerprint density at radius 3 is 2.13 bits per heavy atom. The molecule has 114 valence electrons. The fourth-order valence-electron chi connectivity index (χ4n) is 3.16. The van der Waals surface area contributed by atoms with Gasteiger partial charge in [-0.15, -0.1) is 0 Å². The van der Waals surface area contributed by atoms with Crippen molar-refractivity contribution in [2.45, 2.75) is 27.7 Å². The Bertz CT molecular complexity index is 1030. The van der Waals surface area contributed by atoms with Gasteiger partial charge in [0.1, 0.15) is 0 Å². The Balaban J connectivity index is 2.17. The van der Waals surface area contributed by atoms with Crippen LogP contribution >= 0.6 is 0 Å². The molecule has 2 aromatic carbocycles. The molecule has 3 nitrogen and oxygen atoms in total. The Morgan fingerprint density at radius 1 is 0.739 bits per heavy atom. The molecule has 0 radical (unpaired) electrons. The number of nitrogens with zero attached hydrogens (tertiary/aromatic N) is 3. The van der Waals surface area contributed by atoms with E-state index in [4.69, 9.17) is 9.97 Å². The lowest BCUT2D eigenvalue weighted by Crippen LogP contribution is -2.06. The molecule has 0 saturated heterocycles. The van der Waals surface area contributed by atoms with Gasteiger partial charge in [-0.1, -0.05) is 29.8 Å². The van der Waals surface area contributed by atoms with Crippen LogP contribution in [0.4, 0.5) is 0 Å². The van der Waals surface area contributed by atoms with Gasteiger partial charge in [0.15, 0.2) is 0 Å². The van der Waals surface area contributed by atoms with E-state index >= 15 is 0 Å². The summed E-state index contributed by atoms with van der Waals surface area (Å²) in [6, 6.07) is 15.0. The van der Waals surface area contributed by atoms with Crippen molar-refractivity contribution in [3.8, 4) is 5.95 Å². The Labute approximate surface area is 135 Å². The second kappa shape index (κ2) is 4.92. The van der Waals surface area contributed by atoms with Crippen LogP contribution in [-0.4, -0.2) is 14.5 Å². The highest BCUT2D eigenvalue weighted by molar-refractivity contribution is 6.09. The van der Waals surface area contributed by atoms with Gasteiger partial charge < -0.3 is 0 Å². The molecule has 0 bridgehead atoms. The van der Waals surface area contributed by atoms with Crippen molar-refractivity contribution in [2.24, 2.45) is 0 Å². The maximum atomic E-state index is 4.75. The first kappa shape index (κ1) is 13.9. The molecule has 0 aliphatic heterocycles. The van der Waals surface area contributed by atoms with E-state index in [2.05, 4.69) is 60.9 Å². The molecule has 23 heavy (non-hydrogen) atoms. The molecule has 0 aliphatic rings. The van der Waals surface area contributed by atoms with Gasteiger partial charge in [-0.2, -0.15) is 0 Å². The number of benzene rings is 2. The van der Waals surface area contributed by atoms with Crippen LogP contribution < -0.4 is 0 Å². The van der Waals surface area contributed by atoms with Crippen molar-refractivity contribution in [1.82, 2.24) is 14.5 Å². The molecule has 0 spiro atoms. The largest absolute Gasteiger partial charge is 0.278 e. The van der Waals surface area contributed by atoms with Crippen molar-refractivity contribution in [3.63, 3.8) is 0 Å². The lowest BCUT2D eigenvalue weighted by atomic mass is 10.1. The van der Waals surface area contributed by atoms with Crippen molar-refractivity contribution in [2.75, 3.05) is 0 Å². The standard InChI is InChI=1S/C20H19N3/c1-12-9-10-19-17(11-12)16-7-5-6-8-18(16)23(19)20-21-14(3)13(2)15(4)22-20/h5-11H,1-4H3. The van der Waals surface area contributed by atoms with E-state index in [-0.39, 0.29) is 0 Å². The van der Waals surface area contributed by atoms with E-state index in [1.165, 1.54) is 16.3 Å². The number of para-hydroxylation sites is 1. The first-order valence-electron chi connectivity index (χ1n) is 7.88. The Morgan fingerprint density at radius 2 is 1.39 bits per heavy atom. The van der Waals surface area contributed by atoms with Crippen LogP contribution in [0.15, 0.2) is 42.5 Å². The summed E-state index contributed by atoms with van der Waals surface area (Å²) in [6.07, 6.45) is 0. The number of aromatic nitrogens is 3. The monoisotopic (exact) mass is 301 g/mol. The maximum Gasteiger partial charge on any atom is 0.235 e. The van der Waals surface area contributed by atoms with E-state index in [1.807, 2.05) is 13.8 Å². The van der Waals surface area contributed by atoms with Crippen LogP contribution in [0.5, 0.6) is 0 Å². The first-order valence-corrected chi connectivity index (χ1v) is 7.88. The molecule has 0 fully saturated rings. The zero-order valence-corrected chi connectivity index (χ0v) is 13.9. The molecule has 0 unspecified atom stereocenters. The highest BCUT2D eigenvalue weighted by Gasteiger charge is 2.15. The molecule has 2 heterocycles. The summed E-state index contributed by atoms with van der Waals surface area (Å²) >= 11 is 0. The third kappa shape index (κ3) is 2.04. The molecule has 0 atom stereocenters. The molecule has 0 saturated carbocycles. The summed E-state index contributed by atoms with van der Waals surface area (Å²) in [5.41, 5.74) is 6.79. The van der Waals surface area contributed by atoms with Crippen LogP contribution in [0.3, 0.4) is 0 Å². The summed E-state index contributed by atoms with van der Waals surface area (Å²) in [6.45, 7) is 8.29. The summed E-state index contributed by atoms with van der Waals surface area (Å²) < 4.78 is 2.17. The van der Waals surface area contributed by atoms with Crippen LogP contribution in [-0.2, 0) is 0 Å². The van der Waals surface area contributed by atoms with Crippen LogP contribution in [0.1, 0.15) is 22.5 Å². The molecular weight excluding hydrogens is 282 g/mol. The predicted molar refractivity (Wildman–Crippen MR) is 95.3 cm³/mol. The van der Waals surface area contributed by atoms with Gasteiger partial charge in [0.05, 0.1) is 11.0 Å². The zero-order valence-electron chi connectivity index (χ0n) is 13.9. The minimum absolute atomic E-state index is 0.751. The van der Waals surface area contributed by atoms with Crippen LogP contribution in [0.25, 0.3) is 27.8 Å². The lowest BCUT2D eigenvalue weighted by Gasteiger charge is -2.10. The molecular formula is C20H19N3. The van der Waals surface area contributed by atoms with Crippen molar-refractivity contribution >= 4 is 21.8 Å². The van der Waals surface area contributed by atoms with E-state index in [9.17, 15) is 0 Å². The quantitative estimate of drug-likeness (QED) is 0.505. The van der Waals surface area contributed by atoms with E-state index in [0.29, 0.717) is 0 Å². The third-order valence-corrected chi connectivity index (χ3v) is 4.65. The SMILES string of the molecule is Cc1ccc2c(c1)c1ccccc1n2-c1nc(C)c(C)c(C)n1.